The molecule has 2 fully saturated rings. The van der Waals surface area contributed by atoms with Gasteiger partial charge in [0.15, 0.2) is 0 Å². The van der Waals surface area contributed by atoms with Gasteiger partial charge in [0.2, 0.25) is 5.91 Å². The zero-order valence-corrected chi connectivity index (χ0v) is 13.7. The second-order valence-corrected chi connectivity index (χ2v) is 7.06. The van der Waals surface area contributed by atoms with E-state index in [0.29, 0.717) is 11.6 Å². The zero-order valence-electron chi connectivity index (χ0n) is 13.7. The minimum absolute atomic E-state index is 0.0333. The van der Waals surface area contributed by atoms with E-state index in [2.05, 4.69) is 15.6 Å². The average molecular weight is 325 g/mol. The van der Waals surface area contributed by atoms with Gasteiger partial charge in [-0.2, -0.15) is 0 Å². The number of rotatable bonds is 4. The maximum absolute atomic E-state index is 12.7. The molecule has 0 bridgehead atoms. The van der Waals surface area contributed by atoms with Crippen molar-refractivity contribution in [2.24, 2.45) is 5.92 Å². The lowest BCUT2D eigenvalue weighted by Gasteiger charge is -2.29. The molecule has 2 aliphatic carbocycles. The lowest BCUT2D eigenvalue weighted by atomic mass is 9.85. The number of carbonyl (C=O) groups is 2. The van der Waals surface area contributed by atoms with Crippen LogP contribution in [0.1, 0.15) is 48.9 Å². The van der Waals surface area contributed by atoms with Crippen molar-refractivity contribution in [3.63, 3.8) is 0 Å². The molecule has 1 heterocycles. The molecular formula is C19H23N3O2. The van der Waals surface area contributed by atoms with E-state index >= 15 is 0 Å². The van der Waals surface area contributed by atoms with E-state index in [1.165, 1.54) is 0 Å². The van der Waals surface area contributed by atoms with Crippen molar-refractivity contribution in [1.82, 2.24) is 15.6 Å². The van der Waals surface area contributed by atoms with Gasteiger partial charge in [0.25, 0.3) is 5.91 Å². The van der Waals surface area contributed by atoms with Crippen LogP contribution < -0.4 is 10.6 Å². The van der Waals surface area contributed by atoms with Gasteiger partial charge >= 0.3 is 0 Å². The van der Waals surface area contributed by atoms with Crippen LogP contribution in [0.2, 0.25) is 0 Å². The van der Waals surface area contributed by atoms with Crippen LogP contribution in [-0.2, 0) is 4.79 Å². The van der Waals surface area contributed by atoms with Gasteiger partial charge in [-0.15, -0.1) is 0 Å². The normalized spacial score (nSPS) is 23.8. The molecule has 5 nitrogen and oxygen atoms in total. The third-order valence-corrected chi connectivity index (χ3v) is 5.14. The van der Waals surface area contributed by atoms with Crippen molar-refractivity contribution >= 4 is 22.7 Å². The van der Waals surface area contributed by atoms with Crippen molar-refractivity contribution < 1.29 is 9.59 Å². The number of carbonyl (C=O) groups excluding carboxylic acids is 2. The van der Waals surface area contributed by atoms with Crippen LogP contribution in [0, 0.1) is 5.92 Å². The Morgan fingerprint density at radius 3 is 2.71 bits per heavy atom. The average Bonchev–Trinajstić information content (AvgIpc) is 3.27. The van der Waals surface area contributed by atoms with Gasteiger partial charge < -0.3 is 15.6 Å². The predicted octanol–water partition coefficient (Wildman–Crippen LogP) is 2.74. The monoisotopic (exact) mass is 325 g/mol. The maximum Gasteiger partial charge on any atom is 0.253 e. The number of hydrogen-bond donors (Lipinski definition) is 3. The maximum atomic E-state index is 12.7. The number of aromatic amines is 1. The number of hydrogen-bond acceptors (Lipinski definition) is 2. The first-order valence-electron chi connectivity index (χ1n) is 8.88. The van der Waals surface area contributed by atoms with Gasteiger partial charge in [0.1, 0.15) is 0 Å². The van der Waals surface area contributed by atoms with E-state index in [1.807, 2.05) is 30.5 Å². The number of nitrogens with one attached hydrogen (secondary N) is 3. The van der Waals surface area contributed by atoms with Crippen LogP contribution in [0.3, 0.4) is 0 Å². The Balaban J connectivity index is 1.41. The third kappa shape index (κ3) is 3.16. The number of benzene rings is 1. The predicted molar refractivity (Wildman–Crippen MR) is 92.7 cm³/mol. The van der Waals surface area contributed by atoms with E-state index in [0.717, 1.165) is 49.4 Å². The Kier molecular flexibility index (Phi) is 4.00. The summed E-state index contributed by atoms with van der Waals surface area (Å²) in [5.41, 5.74) is 1.54. The van der Waals surface area contributed by atoms with Gasteiger partial charge in [-0.05, 0) is 44.2 Å². The van der Waals surface area contributed by atoms with Crippen LogP contribution in [0.25, 0.3) is 10.9 Å². The summed E-state index contributed by atoms with van der Waals surface area (Å²) in [4.78, 5) is 28.1. The molecular weight excluding hydrogens is 302 g/mol. The molecule has 3 N–H and O–H groups in total. The fourth-order valence-corrected chi connectivity index (χ4v) is 3.64. The first-order chi connectivity index (χ1) is 11.7. The Hall–Kier alpha value is -2.30. The summed E-state index contributed by atoms with van der Waals surface area (Å²) in [5, 5.41) is 7.26. The third-order valence-electron chi connectivity index (χ3n) is 5.14. The Bertz CT molecular complexity index is 763. The molecule has 0 spiro atoms. The molecule has 0 unspecified atom stereocenters. The second kappa shape index (κ2) is 6.30. The first-order valence-corrected chi connectivity index (χ1v) is 8.88. The molecule has 2 saturated carbocycles. The fraction of sp³-hybridized carbons (Fsp3) is 0.474. The molecule has 2 aliphatic rings. The van der Waals surface area contributed by atoms with Gasteiger partial charge in [-0.3, -0.25) is 9.59 Å². The molecule has 0 saturated heterocycles. The first kappa shape index (κ1) is 15.2. The summed E-state index contributed by atoms with van der Waals surface area (Å²) in [6.07, 6.45) is 7.67. The summed E-state index contributed by atoms with van der Waals surface area (Å²) in [6.45, 7) is 0. The van der Waals surface area contributed by atoms with Crippen LogP contribution in [0.5, 0.6) is 0 Å². The van der Waals surface area contributed by atoms with Crippen molar-refractivity contribution in [2.45, 2.75) is 50.6 Å². The topological polar surface area (TPSA) is 74.0 Å². The number of para-hydroxylation sites is 1. The SMILES string of the molecule is O=C(N[C@H]1CCC[C@@H](C(=O)NC2CC2)C1)c1cccc2cc[nH]c12. The number of H-pyrrole nitrogens is 1. The van der Waals surface area contributed by atoms with Gasteiger partial charge in [-0.25, -0.2) is 0 Å². The largest absolute Gasteiger partial charge is 0.361 e. The molecule has 0 radical (unpaired) electrons. The highest BCUT2D eigenvalue weighted by molar-refractivity contribution is 6.05. The molecule has 24 heavy (non-hydrogen) atoms. The van der Waals surface area contributed by atoms with E-state index < -0.39 is 0 Å². The summed E-state index contributed by atoms with van der Waals surface area (Å²) in [7, 11) is 0. The van der Waals surface area contributed by atoms with Gasteiger partial charge in [-0.1, -0.05) is 18.6 Å². The quantitative estimate of drug-likeness (QED) is 0.808. The molecule has 0 aliphatic heterocycles. The minimum Gasteiger partial charge on any atom is -0.361 e. The highest BCUT2D eigenvalue weighted by Crippen LogP contribution is 2.27. The van der Waals surface area contributed by atoms with E-state index in [4.69, 9.17) is 0 Å². The smallest absolute Gasteiger partial charge is 0.253 e. The highest BCUT2D eigenvalue weighted by Gasteiger charge is 2.31. The summed E-state index contributed by atoms with van der Waals surface area (Å²) >= 11 is 0. The Labute approximate surface area is 141 Å². The molecule has 126 valence electrons. The van der Waals surface area contributed by atoms with E-state index in [-0.39, 0.29) is 23.8 Å². The molecule has 2 aromatic rings. The van der Waals surface area contributed by atoms with Crippen molar-refractivity contribution in [1.29, 1.82) is 0 Å². The van der Waals surface area contributed by atoms with E-state index in [1.54, 1.807) is 0 Å². The van der Waals surface area contributed by atoms with Crippen molar-refractivity contribution in [3.05, 3.63) is 36.0 Å². The van der Waals surface area contributed by atoms with Crippen molar-refractivity contribution in [3.8, 4) is 0 Å². The number of amides is 2. The highest BCUT2D eigenvalue weighted by atomic mass is 16.2. The number of fused-ring (bicyclic) bond motifs is 1. The Morgan fingerprint density at radius 2 is 1.88 bits per heavy atom. The molecule has 2 amide bonds. The van der Waals surface area contributed by atoms with Gasteiger partial charge in [0.05, 0.1) is 11.1 Å². The van der Waals surface area contributed by atoms with Crippen LogP contribution in [0.15, 0.2) is 30.5 Å². The second-order valence-electron chi connectivity index (χ2n) is 7.06. The van der Waals surface area contributed by atoms with Crippen molar-refractivity contribution in [2.75, 3.05) is 0 Å². The molecule has 1 aromatic carbocycles. The summed E-state index contributed by atoms with van der Waals surface area (Å²) in [6, 6.07) is 8.17. The lowest BCUT2D eigenvalue weighted by Crippen LogP contribution is -2.42. The molecule has 4 rings (SSSR count). The van der Waals surface area contributed by atoms with Crippen LogP contribution in [-0.4, -0.2) is 28.9 Å². The van der Waals surface area contributed by atoms with Crippen LogP contribution >= 0.6 is 0 Å². The zero-order chi connectivity index (χ0) is 16.5. The Morgan fingerprint density at radius 1 is 1.00 bits per heavy atom. The molecule has 1 aromatic heterocycles. The fourth-order valence-electron chi connectivity index (χ4n) is 3.64. The summed E-state index contributed by atoms with van der Waals surface area (Å²) < 4.78 is 0. The summed E-state index contributed by atoms with van der Waals surface area (Å²) in [5.74, 6) is 0.144. The van der Waals surface area contributed by atoms with Crippen LogP contribution in [0.4, 0.5) is 0 Å². The number of aromatic nitrogens is 1. The standard InChI is InChI=1S/C19H23N3O2/c23-18(21-14-7-8-14)13-4-1-5-15(11-13)22-19(24)16-6-2-3-12-9-10-20-17(12)16/h2-3,6,9-10,13-15,20H,1,4-5,7-8,11H2,(H,21,23)(H,22,24)/t13-,15+/m1/s1. The minimum atomic E-state index is -0.0590. The molecule has 5 heteroatoms. The lowest BCUT2D eigenvalue weighted by molar-refractivity contribution is -0.126. The molecule has 2 atom stereocenters. The van der Waals surface area contributed by atoms with Gasteiger partial charge in [0, 0.05) is 29.6 Å². The van der Waals surface area contributed by atoms with E-state index in [9.17, 15) is 9.59 Å².